The van der Waals surface area contributed by atoms with Gasteiger partial charge in [-0.3, -0.25) is 9.80 Å². The van der Waals surface area contributed by atoms with Gasteiger partial charge in [0.15, 0.2) is 0 Å². The molecular weight excluding hydrogens is 256 g/mol. The van der Waals surface area contributed by atoms with Gasteiger partial charge in [-0.25, -0.2) is 9.78 Å². The third-order valence-electron chi connectivity index (χ3n) is 3.77. The van der Waals surface area contributed by atoms with Gasteiger partial charge in [0.2, 0.25) is 0 Å². The zero-order valence-electron chi connectivity index (χ0n) is 12.3. The molecule has 0 atom stereocenters. The Labute approximate surface area is 119 Å². The van der Waals surface area contributed by atoms with Crippen LogP contribution in [0.3, 0.4) is 0 Å². The first-order chi connectivity index (χ1) is 9.49. The van der Waals surface area contributed by atoms with Crippen LogP contribution in [0.4, 0.5) is 16.3 Å². The number of hydrogen-bond donors (Lipinski definition) is 1. The van der Waals surface area contributed by atoms with Gasteiger partial charge in [0.1, 0.15) is 5.82 Å². The van der Waals surface area contributed by atoms with Crippen molar-refractivity contribution in [3.8, 4) is 0 Å². The van der Waals surface area contributed by atoms with Gasteiger partial charge in [0.25, 0.3) is 0 Å². The van der Waals surface area contributed by atoms with E-state index < -0.39 is 6.09 Å². The summed E-state index contributed by atoms with van der Waals surface area (Å²) in [6.07, 6.45) is 0.700. The lowest BCUT2D eigenvalue weighted by molar-refractivity contribution is 0.203. The van der Waals surface area contributed by atoms with E-state index in [1.807, 2.05) is 6.07 Å². The predicted octanol–water partition coefficient (Wildman–Crippen LogP) is 1.73. The monoisotopic (exact) mass is 278 g/mol. The van der Waals surface area contributed by atoms with Crippen molar-refractivity contribution in [3.63, 3.8) is 0 Å². The maximum Gasteiger partial charge on any atom is 0.411 e. The van der Waals surface area contributed by atoms with E-state index in [9.17, 15) is 4.79 Å². The van der Waals surface area contributed by atoms with Gasteiger partial charge in [-0.05, 0) is 19.9 Å². The van der Waals surface area contributed by atoms with E-state index in [1.165, 1.54) is 11.9 Å². The highest BCUT2D eigenvalue weighted by Gasteiger charge is 2.20. The maximum atomic E-state index is 11.0. The Morgan fingerprint density at radius 3 is 2.55 bits per heavy atom. The van der Waals surface area contributed by atoms with Crippen LogP contribution in [0.5, 0.6) is 0 Å². The van der Waals surface area contributed by atoms with Crippen molar-refractivity contribution in [2.75, 3.05) is 43.0 Å². The Morgan fingerprint density at radius 2 is 2.00 bits per heavy atom. The number of nitrogens with zero attached hydrogens (tertiary/aromatic N) is 4. The smallest absolute Gasteiger partial charge is 0.411 e. The molecule has 0 bridgehead atoms. The molecule has 0 unspecified atom stereocenters. The Kier molecular flexibility index (Phi) is 4.44. The Bertz CT molecular complexity index is 470. The van der Waals surface area contributed by atoms with Crippen molar-refractivity contribution < 1.29 is 9.90 Å². The van der Waals surface area contributed by atoms with Gasteiger partial charge in [0, 0.05) is 51.5 Å². The summed E-state index contributed by atoms with van der Waals surface area (Å²) in [5.41, 5.74) is 0.647. The molecule has 1 aromatic rings. The molecule has 1 saturated heterocycles. The Balaban J connectivity index is 2.07. The van der Waals surface area contributed by atoms with Crippen molar-refractivity contribution in [1.82, 2.24) is 9.88 Å². The van der Waals surface area contributed by atoms with E-state index >= 15 is 0 Å². The molecule has 0 spiro atoms. The number of pyridine rings is 1. The van der Waals surface area contributed by atoms with E-state index in [2.05, 4.69) is 28.6 Å². The van der Waals surface area contributed by atoms with Crippen LogP contribution in [0, 0.1) is 0 Å². The fourth-order valence-electron chi connectivity index (χ4n) is 2.37. The summed E-state index contributed by atoms with van der Waals surface area (Å²) in [7, 11) is 1.54. The van der Waals surface area contributed by atoms with Crippen LogP contribution in [0.2, 0.25) is 0 Å². The predicted molar refractivity (Wildman–Crippen MR) is 79.6 cm³/mol. The first-order valence-corrected chi connectivity index (χ1v) is 6.90. The van der Waals surface area contributed by atoms with Crippen LogP contribution in [-0.4, -0.2) is 60.4 Å². The summed E-state index contributed by atoms with van der Waals surface area (Å²) in [4.78, 5) is 21.2. The first-order valence-electron chi connectivity index (χ1n) is 6.90. The maximum absolute atomic E-state index is 11.0. The fraction of sp³-hybridized carbons (Fsp3) is 0.571. The van der Waals surface area contributed by atoms with Crippen LogP contribution in [0.25, 0.3) is 0 Å². The Hall–Kier alpha value is -1.82. The molecule has 1 fully saturated rings. The van der Waals surface area contributed by atoms with E-state index in [1.54, 1.807) is 12.3 Å². The van der Waals surface area contributed by atoms with Crippen LogP contribution < -0.4 is 9.80 Å². The highest BCUT2D eigenvalue weighted by Crippen LogP contribution is 2.20. The second-order valence-electron chi connectivity index (χ2n) is 5.33. The summed E-state index contributed by atoms with van der Waals surface area (Å²) < 4.78 is 0. The minimum Gasteiger partial charge on any atom is -0.465 e. The standard InChI is InChI=1S/C14H22N4O2/c1-11(2)17-6-8-18(9-7-17)13-10-12(4-5-15-13)16(3)14(19)20/h4-5,10-11H,6-9H2,1-3H3,(H,19,20). The molecule has 1 amide bonds. The summed E-state index contributed by atoms with van der Waals surface area (Å²) in [6.45, 7) is 8.28. The molecule has 1 aromatic heterocycles. The van der Waals surface area contributed by atoms with E-state index in [0.717, 1.165) is 32.0 Å². The second kappa shape index (κ2) is 6.09. The quantitative estimate of drug-likeness (QED) is 0.912. The number of carbonyl (C=O) groups is 1. The molecule has 20 heavy (non-hydrogen) atoms. The van der Waals surface area contributed by atoms with Gasteiger partial charge in [-0.2, -0.15) is 0 Å². The number of carboxylic acid groups (broad SMARTS) is 1. The zero-order chi connectivity index (χ0) is 14.7. The average Bonchev–Trinajstić information content (AvgIpc) is 2.46. The molecule has 1 aliphatic rings. The van der Waals surface area contributed by atoms with Gasteiger partial charge < -0.3 is 10.0 Å². The molecule has 6 heteroatoms. The molecule has 0 saturated carbocycles. The molecule has 0 radical (unpaired) electrons. The molecule has 0 aliphatic carbocycles. The third-order valence-corrected chi connectivity index (χ3v) is 3.77. The summed E-state index contributed by atoms with van der Waals surface area (Å²) in [6, 6.07) is 4.11. The SMILES string of the molecule is CC(C)N1CCN(c2cc(N(C)C(=O)O)ccn2)CC1. The van der Waals surface area contributed by atoms with Crippen LogP contribution >= 0.6 is 0 Å². The average molecular weight is 278 g/mol. The van der Waals surface area contributed by atoms with Gasteiger partial charge in [0.05, 0.1) is 5.69 Å². The van der Waals surface area contributed by atoms with E-state index in [4.69, 9.17) is 5.11 Å². The van der Waals surface area contributed by atoms with E-state index in [0.29, 0.717) is 11.7 Å². The highest BCUT2D eigenvalue weighted by molar-refractivity contribution is 5.85. The van der Waals surface area contributed by atoms with Gasteiger partial charge in [-0.1, -0.05) is 0 Å². The minimum atomic E-state index is -0.966. The van der Waals surface area contributed by atoms with Crippen molar-refractivity contribution >= 4 is 17.6 Å². The fourth-order valence-corrected chi connectivity index (χ4v) is 2.37. The molecule has 1 N–H and O–H groups in total. The van der Waals surface area contributed by atoms with Crippen LogP contribution in [-0.2, 0) is 0 Å². The van der Waals surface area contributed by atoms with Crippen molar-refractivity contribution in [2.45, 2.75) is 19.9 Å². The molecule has 1 aliphatic heterocycles. The molecule has 0 aromatic carbocycles. The molecular formula is C14H22N4O2. The van der Waals surface area contributed by atoms with E-state index in [-0.39, 0.29) is 0 Å². The third kappa shape index (κ3) is 3.19. The van der Waals surface area contributed by atoms with Crippen LogP contribution in [0.15, 0.2) is 18.3 Å². The number of rotatable bonds is 3. The summed E-state index contributed by atoms with van der Waals surface area (Å²) in [5, 5.41) is 9.02. The molecule has 2 rings (SSSR count). The second-order valence-corrected chi connectivity index (χ2v) is 5.33. The summed E-state index contributed by atoms with van der Waals surface area (Å²) >= 11 is 0. The van der Waals surface area contributed by atoms with Crippen molar-refractivity contribution in [2.24, 2.45) is 0 Å². The number of amides is 1. The topological polar surface area (TPSA) is 59.9 Å². The number of aromatic nitrogens is 1. The lowest BCUT2D eigenvalue weighted by Crippen LogP contribution is -2.49. The lowest BCUT2D eigenvalue weighted by Gasteiger charge is -2.37. The number of anilines is 2. The Morgan fingerprint density at radius 1 is 1.35 bits per heavy atom. The largest absolute Gasteiger partial charge is 0.465 e. The molecule has 2 heterocycles. The zero-order valence-corrected chi connectivity index (χ0v) is 12.3. The normalized spacial score (nSPS) is 16.5. The van der Waals surface area contributed by atoms with Crippen LogP contribution in [0.1, 0.15) is 13.8 Å². The number of piperazine rings is 1. The van der Waals surface area contributed by atoms with Gasteiger partial charge >= 0.3 is 6.09 Å². The molecule has 6 nitrogen and oxygen atoms in total. The summed E-state index contributed by atoms with van der Waals surface area (Å²) in [5.74, 6) is 0.846. The molecule has 110 valence electrons. The first kappa shape index (κ1) is 14.6. The minimum absolute atomic E-state index is 0.564. The van der Waals surface area contributed by atoms with Crippen molar-refractivity contribution in [1.29, 1.82) is 0 Å². The lowest BCUT2D eigenvalue weighted by atomic mass is 10.2. The highest BCUT2D eigenvalue weighted by atomic mass is 16.4. The van der Waals surface area contributed by atoms with Gasteiger partial charge in [-0.15, -0.1) is 0 Å². The number of hydrogen-bond acceptors (Lipinski definition) is 4. The van der Waals surface area contributed by atoms with Crippen molar-refractivity contribution in [3.05, 3.63) is 18.3 Å².